The van der Waals surface area contributed by atoms with Gasteiger partial charge in [-0.05, 0) is 42.2 Å². The van der Waals surface area contributed by atoms with Gasteiger partial charge in [-0.1, -0.05) is 26.0 Å². The van der Waals surface area contributed by atoms with E-state index in [0.717, 1.165) is 53.5 Å². The van der Waals surface area contributed by atoms with Crippen LogP contribution in [-0.4, -0.2) is 54.0 Å². The van der Waals surface area contributed by atoms with E-state index in [0.29, 0.717) is 13.1 Å². The number of aromatic nitrogens is 1. The number of thiazole rings is 1. The highest BCUT2D eigenvalue weighted by Crippen LogP contribution is 2.30. The second-order valence-electron chi connectivity index (χ2n) is 8.60. The fraction of sp³-hybridized carbons (Fsp3) is 0.440. The van der Waals surface area contributed by atoms with Crippen LogP contribution in [0.2, 0.25) is 0 Å². The van der Waals surface area contributed by atoms with Crippen molar-refractivity contribution in [3.05, 3.63) is 63.0 Å². The van der Waals surface area contributed by atoms with Crippen LogP contribution in [0.1, 0.15) is 35.0 Å². The van der Waals surface area contributed by atoms with Crippen LogP contribution < -0.4 is 4.74 Å². The SMILES string of the molecule is COc1cc(C2=CCN(CC(=O)N3CCc4nc(C)sc4CC3)C(C(C)C)=C2)ccc1F. The van der Waals surface area contributed by atoms with Gasteiger partial charge in [0.1, 0.15) is 0 Å². The number of methoxy groups -OCH3 is 1. The van der Waals surface area contributed by atoms with Gasteiger partial charge in [0, 0.05) is 43.1 Å². The van der Waals surface area contributed by atoms with Gasteiger partial charge in [0.25, 0.3) is 0 Å². The summed E-state index contributed by atoms with van der Waals surface area (Å²) in [6.45, 7) is 8.79. The summed E-state index contributed by atoms with van der Waals surface area (Å²) < 4.78 is 19.0. The lowest BCUT2D eigenvalue weighted by atomic mass is 9.96. The van der Waals surface area contributed by atoms with Crippen molar-refractivity contribution in [2.45, 2.75) is 33.6 Å². The Morgan fingerprint density at radius 1 is 1.28 bits per heavy atom. The zero-order valence-electron chi connectivity index (χ0n) is 19.2. The van der Waals surface area contributed by atoms with Crippen LogP contribution in [0.25, 0.3) is 5.57 Å². The predicted molar refractivity (Wildman–Crippen MR) is 126 cm³/mol. The maximum atomic E-state index is 13.8. The van der Waals surface area contributed by atoms with E-state index in [-0.39, 0.29) is 23.4 Å². The highest BCUT2D eigenvalue weighted by molar-refractivity contribution is 7.11. The summed E-state index contributed by atoms with van der Waals surface area (Å²) in [4.78, 5) is 23.2. The molecule has 5 nitrogen and oxygen atoms in total. The molecule has 2 aliphatic heterocycles. The van der Waals surface area contributed by atoms with Gasteiger partial charge in [-0.25, -0.2) is 9.37 Å². The third-order valence-electron chi connectivity index (χ3n) is 6.07. The van der Waals surface area contributed by atoms with Crippen LogP contribution in [0.3, 0.4) is 0 Å². The molecule has 0 atom stereocenters. The Kier molecular flexibility index (Phi) is 6.65. The van der Waals surface area contributed by atoms with Crippen LogP contribution in [0.5, 0.6) is 5.75 Å². The summed E-state index contributed by atoms with van der Waals surface area (Å²) in [6, 6.07) is 4.93. The molecule has 0 aliphatic carbocycles. The third-order valence-corrected chi connectivity index (χ3v) is 7.14. The largest absolute Gasteiger partial charge is 0.494 e. The van der Waals surface area contributed by atoms with Crippen LogP contribution >= 0.6 is 11.3 Å². The molecule has 32 heavy (non-hydrogen) atoms. The van der Waals surface area contributed by atoms with Gasteiger partial charge in [0.05, 0.1) is 24.4 Å². The Labute approximate surface area is 193 Å². The van der Waals surface area contributed by atoms with E-state index < -0.39 is 0 Å². The molecule has 2 aromatic rings. The van der Waals surface area contributed by atoms with Crippen molar-refractivity contribution in [2.75, 3.05) is 33.3 Å². The topological polar surface area (TPSA) is 45.7 Å². The number of carbonyl (C=O) groups is 1. The Balaban J connectivity index is 1.46. The van der Waals surface area contributed by atoms with E-state index in [9.17, 15) is 9.18 Å². The van der Waals surface area contributed by atoms with Crippen molar-refractivity contribution >= 4 is 22.8 Å². The molecule has 0 spiro atoms. The molecule has 0 N–H and O–H groups in total. The molecule has 0 saturated heterocycles. The van der Waals surface area contributed by atoms with Gasteiger partial charge in [0.2, 0.25) is 5.91 Å². The van der Waals surface area contributed by atoms with Crippen molar-refractivity contribution in [2.24, 2.45) is 5.92 Å². The highest BCUT2D eigenvalue weighted by Gasteiger charge is 2.25. The average molecular weight is 456 g/mol. The van der Waals surface area contributed by atoms with E-state index in [4.69, 9.17) is 4.74 Å². The summed E-state index contributed by atoms with van der Waals surface area (Å²) in [7, 11) is 1.47. The zero-order valence-corrected chi connectivity index (χ0v) is 20.0. The Bertz CT molecular complexity index is 1050. The van der Waals surface area contributed by atoms with Crippen LogP contribution in [0.15, 0.2) is 36.0 Å². The maximum absolute atomic E-state index is 13.8. The minimum absolute atomic E-state index is 0.156. The number of carbonyl (C=O) groups excluding carboxylic acids is 1. The molecule has 4 rings (SSSR count). The number of amides is 1. The van der Waals surface area contributed by atoms with Gasteiger partial charge in [-0.2, -0.15) is 0 Å². The Morgan fingerprint density at radius 2 is 2.06 bits per heavy atom. The minimum atomic E-state index is -0.370. The number of allylic oxidation sites excluding steroid dienone is 3. The van der Waals surface area contributed by atoms with E-state index in [1.165, 1.54) is 18.1 Å². The first-order valence-electron chi connectivity index (χ1n) is 11.1. The van der Waals surface area contributed by atoms with Crippen LogP contribution in [0, 0.1) is 18.7 Å². The molecule has 7 heteroatoms. The van der Waals surface area contributed by atoms with E-state index in [1.54, 1.807) is 23.5 Å². The fourth-order valence-electron chi connectivity index (χ4n) is 4.36. The molecule has 0 fully saturated rings. The number of ether oxygens (including phenoxy) is 1. The molecule has 3 heterocycles. The van der Waals surface area contributed by atoms with Gasteiger partial charge < -0.3 is 14.5 Å². The molecular weight excluding hydrogens is 425 g/mol. The fourth-order valence-corrected chi connectivity index (χ4v) is 5.33. The van der Waals surface area contributed by atoms with E-state index in [1.807, 2.05) is 11.8 Å². The van der Waals surface area contributed by atoms with Crippen LogP contribution in [0.4, 0.5) is 4.39 Å². The molecule has 0 bridgehead atoms. The number of halogens is 1. The van der Waals surface area contributed by atoms with Gasteiger partial charge in [0.15, 0.2) is 11.6 Å². The molecule has 2 aliphatic rings. The summed E-state index contributed by atoms with van der Waals surface area (Å²) in [5.74, 6) is 0.283. The Hall–Kier alpha value is -2.67. The molecule has 1 aromatic heterocycles. The number of benzene rings is 1. The minimum Gasteiger partial charge on any atom is -0.494 e. The monoisotopic (exact) mass is 455 g/mol. The quantitative estimate of drug-likeness (QED) is 0.668. The molecule has 170 valence electrons. The van der Waals surface area contributed by atoms with Crippen molar-refractivity contribution in [3.8, 4) is 5.75 Å². The first kappa shape index (κ1) is 22.5. The number of nitrogens with zero attached hydrogens (tertiary/aromatic N) is 3. The maximum Gasteiger partial charge on any atom is 0.242 e. The van der Waals surface area contributed by atoms with Gasteiger partial charge in [-0.15, -0.1) is 11.3 Å². The lowest BCUT2D eigenvalue weighted by molar-refractivity contribution is -0.131. The van der Waals surface area contributed by atoms with Crippen molar-refractivity contribution in [1.82, 2.24) is 14.8 Å². The number of fused-ring (bicyclic) bond motifs is 1. The first-order valence-corrected chi connectivity index (χ1v) is 11.9. The van der Waals surface area contributed by atoms with Crippen molar-refractivity contribution < 1.29 is 13.9 Å². The smallest absolute Gasteiger partial charge is 0.242 e. The number of rotatable bonds is 5. The zero-order chi connectivity index (χ0) is 22.8. The highest BCUT2D eigenvalue weighted by atomic mass is 32.1. The molecule has 0 radical (unpaired) electrons. The van der Waals surface area contributed by atoms with Crippen molar-refractivity contribution in [1.29, 1.82) is 0 Å². The second-order valence-corrected chi connectivity index (χ2v) is 9.88. The first-order chi connectivity index (χ1) is 15.4. The van der Waals surface area contributed by atoms with Crippen molar-refractivity contribution in [3.63, 3.8) is 0 Å². The molecule has 0 unspecified atom stereocenters. The molecule has 1 amide bonds. The van der Waals surface area contributed by atoms with Gasteiger partial charge in [-0.3, -0.25) is 4.79 Å². The molecule has 0 saturated carbocycles. The van der Waals surface area contributed by atoms with Gasteiger partial charge >= 0.3 is 0 Å². The normalized spacial score (nSPS) is 16.4. The van der Waals surface area contributed by atoms with E-state index in [2.05, 4.69) is 35.9 Å². The number of aryl methyl sites for hydroxylation is 1. The predicted octanol–water partition coefficient (Wildman–Crippen LogP) is 4.47. The lowest BCUT2D eigenvalue weighted by Gasteiger charge is -2.33. The Morgan fingerprint density at radius 3 is 2.81 bits per heavy atom. The molecular formula is C25H30FN3O2S. The van der Waals surface area contributed by atoms with Crippen LogP contribution in [-0.2, 0) is 17.6 Å². The summed E-state index contributed by atoms with van der Waals surface area (Å²) in [6.07, 6.45) is 5.92. The third kappa shape index (κ3) is 4.72. The summed E-state index contributed by atoms with van der Waals surface area (Å²) in [5, 5.41) is 1.11. The standard InChI is InChI=1S/C25H30FN3O2S/c1-16(2)22-13-19(18-5-6-20(26)23(14-18)31-4)7-10-29(22)15-25(30)28-11-8-21-24(9-12-28)32-17(3)27-21/h5-7,13-14,16H,8-12,15H2,1-4H3. The summed E-state index contributed by atoms with van der Waals surface area (Å²) >= 11 is 1.75. The number of hydrogen-bond acceptors (Lipinski definition) is 5. The average Bonchev–Trinajstić information content (AvgIpc) is 3.01. The van der Waals surface area contributed by atoms with E-state index >= 15 is 0 Å². The number of hydrogen-bond donors (Lipinski definition) is 0. The molecule has 1 aromatic carbocycles. The lowest BCUT2D eigenvalue weighted by Crippen LogP contribution is -2.42. The summed E-state index contributed by atoms with van der Waals surface area (Å²) in [5.41, 5.74) is 4.21. The second kappa shape index (κ2) is 9.45.